The Morgan fingerprint density at radius 2 is 2.25 bits per heavy atom. The fourth-order valence-electron chi connectivity index (χ4n) is 2.49. The summed E-state index contributed by atoms with van der Waals surface area (Å²) in [6.07, 6.45) is 1.63. The van der Waals surface area contributed by atoms with Crippen LogP contribution >= 0.6 is 0 Å². The Balaban J connectivity index is 1.76. The number of fused-ring (bicyclic) bond motifs is 1. The zero-order valence-electron chi connectivity index (χ0n) is 10.8. The molecule has 1 aromatic heterocycles. The van der Waals surface area contributed by atoms with Gasteiger partial charge in [-0.2, -0.15) is 0 Å². The fourth-order valence-corrected chi connectivity index (χ4v) is 2.49. The van der Waals surface area contributed by atoms with E-state index in [9.17, 15) is 9.90 Å². The standard InChI is InChI=1S/C14H15N3O3/c18-12-1-2-13-9(6-12)5-11(7-15-13)16-10-3-4-17(8-10)14(19)20/h1-2,5-7,10,16,18H,3-4,8H2,(H,19,20). The van der Waals surface area contributed by atoms with Crippen molar-refractivity contribution in [3.63, 3.8) is 0 Å². The van der Waals surface area contributed by atoms with Gasteiger partial charge in [0.05, 0.1) is 17.4 Å². The topological polar surface area (TPSA) is 85.7 Å². The summed E-state index contributed by atoms with van der Waals surface area (Å²) >= 11 is 0. The summed E-state index contributed by atoms with van der Waals surface area (Å²) in [5.74, 6) is 0.203. The van der Waals surface area contributed by atoms with Crippen LogP contribution in [0.15, 0.2) is 30.5 Å². The van der Waals surface area contributed by atoms with Crippen LogP contribution in [0.5, 0.6) is 5.75 Å². The molecule has 20 heavy (non-hydrogen) atoms. The highest BCUT2D eigenvalue weighted by Gasteiger charge is 2.25. The number of hydrogen-bond acceptors (Lipinski definition) is 4. The number of amides is 1. The molecule has 0 spiro atoms. The number of benzene rings is 1. The molecule has 2 heterocycles. The van der Waals surface area contributed by atoms with Gasteiger partial charge in [0, 0.05) is 24.5 Å². The van der Waals surface area contributed by atoms with Crippen LogP contribution in [-0.4, -0.2) is 45.3 Å². The van der Waals surface area contributed by atoms with E-state index < -0.39 is 6.09 Å². The number of aromatic hydroxyl groups is 1. The van der Waals surface area contributed by atoms with E-state index in [0.29, 0.717) is 13.1 Å². The van der Waals surface area contributed by atoms with E-state index in [2.05, 4.69) is 10.3 Å². The molecule has 1 aromatic carbocycles. The van der Waals surface area contributed by atoms with E-state index in [1.165, 1.54) is 4.90 Å². The van der Waals surface area contributed by atoms with Crippen molar-refractivity contribution in [2.45, 2.75) is 12.5 Å². The number of hydrogen-bond donors (Lipinski definition) is 3. The van der Waals surface area contributed by atoms with Gasteiger partial charge in [0.2, 0.25) is 0 Å². The monoisotopic (exact) mass is 273 g/mol. The van der Waals surface area contributed by atoms with Crippen molar-refractivity contribution in [2.24, 2.45) is 0 Å². The molecule has 1 amide bonds. The number of aromatic nitrogens is 1. The molecule has 1 atom stereocenters. The van der Waals surface area contributed by atoms with Gasteiger partial charge in [0.1, 0.15) is 5.75 Å². The number of likely N-dealkylation sites (tertiary alicyclic amines) is 1. The van der Waals surface area contributed by atoms with E-state index in [0.717, 1.165) is 23.0 Å². The van der Waals surface area contributed by atoms with Crippen LogP contribution in [0.3, 0.4) is 0 Å². The average molecular weight is 273 g/mol. The van der Waals surface area contributed by atoms with Gasteiger partial charge in [-0.05, 0) is 30.7 Å². The number of pyridine rings is 1. The second kappa shape index (κ2) is 4.88. The highest BCUT2D eigenvalue weighted by atomic mass is 16.4. The lowest BCUT2D eigenvalue weighted by Gasteiger charge is -2.15. The molecule has 6 heteroatoms. The summed E-state index contributed by atoms with van der Waals surface area (Å²) < 4.78 is 0. The van der Waals surface area contributed by atoms with E-state index in [1.54, 1.807) is 24.4 Å². The number of rotatable bonds is 2. The van der Waals surface area contributed by atoms with Crippen LogP contribution < -0.4 is 5.32 Å². The molecule has 0 radical (unpaired) electrons. The van der Waals surface area contributed by atoms with E-state index >= 15 is 0 Å². The lowest BCUT2D eigenvalue weighted by molar-refractivity contribution is 0.155. The van der Waals surface area contributed by atoms with Gasteiger partial charge >= 0.3 is 6.09 Å². The Bertz CT molecular complexity index is 659. The molecule has 1 fully saturated rings. The SMILES string of the molecule is O=C(O)N1CCC(Nc2cnc3ccc(O)cc3c2)C1. The number of carboxylic acid groups (broad SMARTS) is 1. The number of phenolic OH excluding ortho intramolecular Hbond substituents is 1. The molecule has 0 bridgehead atoms. The molecule has 0 aliphatic carbocycles. The van der Waals surface area contributed by atoms with Gasteiger partial charge in [0.25, 0.3) is 0 Å². The maximum absolute atomic E-state index is 10.9. The molecule has 1 unspecified atom stereocenters. The average Bonchev–Trinajstić information content (AvgIpc) is 2.87. The second-order valence-electron chi connectivity index (χ2n) is 4.96. The van der Waals surface area contributed by atoms with Crippen molar-refractivity contribution in [3.05, 3.63) is 30.5 Å². The minimum absolute atomic E-state index is 0.0997. The zero-order valence-corrected chi connectivity index (χ0v) is 10.8. The quantitative estimate of drug-likeness (QED) is 0.780. The fraction of sp³-hybridized carbons (Fsp3) is 0.286. The normalized spacial score (nSPS) is 18.4. The lowest BCUT2D eigenvalue weighted by atomic mass is 10.2. The number of anilines is 1. The van der Waals surface area contributed by atoms with Crippen molar-refractivity contribution in [1.29, 1.82) is 0 Å². The highest BCUT2D eigenvalue weighted by Crippen LogP contribution is 2.22. The van der Waals surface area contributed by atoms with Crippen molar-refractivity contribution in [1.82, 2.24) is 9.88 Å². The van der Waals surface area contributed by atoms with Gasteiger partial charge in [-0.15, -0.1) is 0 Å². The van der Waals surface area contributed by atoms with E-state index in [4.69, 9.17) is 5.11 Å². The van der Waals surface area contributed by atoms with Gasteiger partial charge in [-0.1, -0.05) is 0 Å². The zero-order chi connectivity index (χ0) is 14.1. The number of nitrogens with one attached hydrogen (secondary N) is 1. The maximum atomic E-state index is 10.9. The van der Waals surface area contributed by atoms with Gasteiger partial charge in [-0.25, -0.2) is 4.79 Å². The largest absolute Gasteiger partial charge is 0.508 e. The van der Waals surface area contributed by atoms with Crippen molar-refractivity contribution >= 4 is 22.7 Å². The Morgan fingerprint density at radius 1 is 1.40 bits per heavy atom. The summed E-state index contributed by atoms with van der Waals surface area (Å²) in [5, 5.41) is 22.5. The molecule has 104 valence electrons. The molecule has 0 saturated carbocycles. The molecule has 3 N–H and O–H groups in total. The van der Waals surface area contributed by atoms with Crippen LogP contribution in [0.1, 0.15) is 6.42 Å². The van der Waals surface area contributed by atoms with Gasteiger partial charge in [0.15, 0.2) is 0 Å². The molecule has 1 aliphatic rings. The predicted molar refractivity (Wildman–Crippen MR) is 75.0 cm³/mol. The summed E-state index contributed by atoms with van der Waals surface area (Å²) in [6.45, 7) is 1.03. The minimum atomic E-state index is -0.879. The maximum Gasteiger partial charge on any atom is 0.407 e. The predicted octanol–water partition coefficient (Wildman–Crippen LogP) is 2.10. The molecular weight excluding hydrogens is 258 g/mol. The molecule has 6 nitrogen and oxygen atoms in total. The van der Waals surface area contributed by atoms with E-state index in [1.807, 2.05) is 6.07 Å². The molecular formula is C14H15N3O3. The molecule has 1 saturated heterocycles. The van der Waals surface area contributed by atoms with Crippen LogP contribution in [0, 0.1) is 0 Å². The number of carbonyl (C=O) groups is 1. The minimum Gasteiger partial charge on any atom is -0.508 e. The summed E-state index contributed by atoms with van der Waals surface area (Å²) in [7, 11) is 0. The molecule has 1 aliphatic heterocycles. The summed E-state index contributed by atoms with van der Waals surface area (Å²) in [5.41, 5.74) is 1.65. The summed E-state index contributed by atoms with van der Waals surface area (Å²) in [4.78, 5) is 16.6. The Labute approximate surface area is 115 Å². The van der Waals surface area contributed by atoms with Crippen molar-refractivity contribution in [2.75, 3.05) is 18.4 Å². The second-order valence-corrected chi connectivity index (χ2v) is 4.96. The number of nitrogens with zero attached hydrogens (tertiary/aromatic N) is 2. The first-order chi connectivity index (χ1) is 9.61. The lowest BCUT2D eigenvalue weighted by Crippen LogP contribution is -2.30. The first-order valence-electron chi connectivity index (χ1n) is 6.45. The third-order valence-corrected chi connectivity index (χ3v) is 3.49. The van der Waals surface area contributed by atoms with Crippen LogP contribution in [0.4, 0.5) is 10.5 Å². The Morgan fingerprint density at radius 3 is 3.00 bits per heavy atom. The summed E-state index contributed by atoms with van der Waals surface area (Å²) in [6, 6.07) is 7.03. The third kappa shape index (κ3) is 2.45. The first kappa shape index (κ1) is 12.5. The van der Waals surface area contributed by atoms with Crippen LogP contribution in [0.2, 0.25) is 0 Å². The first-order valence-corrected chi connectivity index (χ1v) is 6.45. The highest BCUT2D eigenvalue weighted by molar-refractivity contribution is 5.83. The van der Waals surface area contributed by atoms with E-state index in [-0.39, 0.29) is 11.8 Å². The van der Waals surface area contributed by atoms with Gasteiger partial charge in [-0.3, -0.25) is 4.98 Å². The Kier molecular flexibility index (Phi) is 3.06. The van der Waals surface area contributed by atoms with Gasteiger partial charge < -0.3 is 20.4 Å². The van der Waals surface area contributed by atoms with Crippen molar-refractivity contribution < 1.29 is 15.0 Å². The Hall–Kier alpha value is -2.50. The molecule has 2 aromatic rings. The molecule has 3 rings (SSSR count). The van der Waals surface area contributed by atoms with Crippen molar-refractivity contribution in [3.8, 4) is 5.75 Å². The number of phenols is 1. The third-order valence-electron chi connectivity index (χ3n) is 3.49. The smallest absolute Gasteiger partial charge is 0.407 e. The van der Waals surface area contributed by atoms with Crippen LogP contribution in [0.25, 0.3) is 10.9 Å². The van der Waals surface area contributed by atoms with Crippen LogP contribution in [-0.2, 0) is 0 Å².